The van der Waals surface area contributed by atoms with E-state index in [0.29, 0.717) is 5.47 Å². The molecule has 134 valence electrons. The van der Waals surface area contributed by atoms with Crippen LogP contribution in [0.1, 0.15) is 34.1 Å². The molecule has 6 nitrogen and oxygen atoms in total. The highest BCUT2D eigenvalue weighted by molar-refractivity contribution is 6.55. The monoisotopic (exact) mass is 346 g/mol. The molecule has 0 radical (unpaired) electrons. The summed E-state index contributed by atoms with van der Waals surface area (Å²) in [6, 6.07) is 1.93. The standard InChI is InChI=1S/C17H24BFN4O2/c1-7-10-15(19)22-23(21-12-9-11-20)13-14(8-2)18-24-16(3,4)17(5,6)25-18/h7-8,10,12-13,22H,1-2,9H2,3-6H3/b14-13+,15-10-,21-12-. The van der Waals surface area contributed by atoms with E-state index in [1.165, 1.54) is 18.5 Å². The van der Waals surface area contributed by atoms with Gasteiger partial charge in [0.25, 0.3) is 0 Å². The van der Waals surface area contributed by atoms with Crippen molar-refractivity contribution in [1.82, 2.24) is 10.5 Å². The number of nitrogens with zero attached hydrogens (tertiary/aromatic N) is 3. The van der Waals surface area contributed by atoms with Crippen molar-refractivity contribution < 1.29 is 13.7 Å². The summed E-state index contributed by atoms with van der Waals surface area (Å²) >= 11 is 0. The Morgan fingerprint density at radius 2 is 1.92 bits per heavy atom. The summed E-state index contributed by atoms with van der Waals surface area (Å²) in [6.07, 6.45) is 6.90. The SMILES string of the molecule is C=C/C=C(/F)NN(/C=C(\C=C)B1OC(C)(C)C(C)(C)O1)/N=C\CC#N. The quantitative estimate of drug-likeness (QED) is 0.240. The molecule has 1 rings (SSSR count). The molecule has 1 fully saturated rings. The fraction of sp³-hybridized carbons (Fsp3) is 0.412. The zero-order chi connectivity index (χ0) is 19.1. The Kier molecular flexibility index (Phi) is 7.15. The summed E-state index contributed by atoms with van der Waals surface area (Å²) in [5, 5.41) is 13.7. The molecule has 1 heterocycles. The molecule has 0 aliphatic carbocycles. The average Bonchev–Trinajstić information content (AvgIpc) is 2.73. The Hall–Kier alpha value is -2.37. The molecular formula is C17H24BFN4O2. The van der Waals surface area contributed by atoms with Gasteiger partial charge >= 0.3 is 7.12 Å². The smallest absolute Gasteiger partial charge is 0.399 e. The Balaban J connectivity index is 3.07. The highest BCUT2D eigenvalue weighted by Crippen LogP contribution is 2.38. The molecule has 0 spiro atoms. The van der Waals surface area contributed by atoms with Gasteiger partial charge in [-0.3, -0.25) is 5.43 Å². The molecule has 0 amide bonds. The average molecular weight is 346 g/mol. The molecule has 25 heavy (non-hydrogen) atoms. The van der Waals surface area contributed by atoms with Crippen LogP contribution >= 0.6 is 0 Å². The van der Waals surface area contributed by atoms with E-state index < -0.39 is 24.3 Å². The number of rotatable bonds is 8. The molecule has 8 heteroatoms. The Morgan fingerprint density at radius 1 is 1.32 bits per heavy atom. The van der Waals surface area contributed by atoms with Gasteiger partial charge in [0.15, 0.2) is 0 Å². The van der Waals surface area contributed by atoms with Gasteiger partial charge in [-0.15, -0.1) is 0 Å². The van der Waals surface area contributed by atoms with Crippen molar-refractivity contribution in [3.05, 3.63) is 49.0 Å². The van der Waals surface area contributed by atoms with Crippen LogP contribution in [-0.4, -0.2) is 29.7 Å². The van der Waals surface area contributed by atoms with E-state index in [-0.39, 0.29) is 6.42 Å². The molecule has 0 saturated carbocycles. The zero-order valence-electron chi connectivity index (χ0n) is 15.1. The van der Waals surface area contributed by atoms with E-state index in [1.54, 1.807) is 6.08 Å². The number of hydrazone groups is 1. The number of hydrazine groups is 1. The predicted octanol–water partition coefficient (Wildman–Crippen LogP) is 3.39. The van der Waals surface area contributed by atoms with Crippen molar-refractivity contribution in [2.75, 3.05) is 0 Å². The maximum absolute atomic E-state index is 13.7. The van der Waals surface area contributed by atoms with Crippen molar-refractivity contribution in [2.24, 2.45) is 5.10 Å². The van der Waals surface area contributed by atoms with E-state index in [2.05, 4.69) is 23.7 Å². The first-order valence-electron chi connectivity index (χ1n) is 7.80. The lowest BCUT2D eigenvalue weighted by Gasteiger charge is -2.32. The van der Waals surface area contributed by atoms with Crippen molar-refractivity contribution >= 4 is 13.3 Å². The summed E-state index contributed by atoms with van der Waals surface area (Å²) in [7, 11) is -0.676. The van der Waals surface area contributed by atoms with Gasteiger partial charge in [-0.25, -0.2) is 0 Å². The zero-order valence-corrected chi connectivity index (χ0v) is 15.1. The second-order valence-electron chi connectivity index (χ2n) is 6.29. The fourth-order valence-corrected chi connectivity index (χ4v) is 1.84. The summed E-state index contributed by atoms with van der Waals surface area (Å²) in [4.78, 5) is 0. The third kappa shape index (κ3) is 5.59. The number of hydrogen-bond donors (Lipinski definition) is 1. The van der Waals surface area contributed by atoms with Gasteiger partial charge in [-0.05, 0) is 33.8 Å². The molecule has 0 aromatic heterocycles. The molecule has 1 aliphatic heterocycles. The second-order valence-corrected chi connectivity index (χ2v) is 6.29. The van der Waals surface area contributed by atoms with Crippen molar-refractivity contribution in [1.29, 1.82) is 5.26 Å². The highest BCUT2D eigenvalue weighted by Gasteiger charge is 2.52. The van der Waals surface area contributed by atoms with Crippen molar-refractivity contribution in [2.45, 2.75) is 45.3 Å². The predicted molar refractivity (Wildman–Crippen MR) is 97.4 cm³/mol. The van der Waals surface area contributed by atoms with E-state index in [4.69, 9.17) is 14.6 Å². The lowest BCUT2D eigenvalue weighted by Crippen LogP contribution is -2.41. The Labute approximate surface area is 149 Å². The number of nitrogens with one attached hydrogen (secondary N) is 1. The van der Waals surface area contributed by atoms with E-state index in [0.717, 1.165) is 11.2 Å². The van der Waals surface area contributed by atoms with Crippen LogP contribution in [0.25, 0.3) is 0 Å². The lowest BCUT2D eigenvalue weighted by atomic mass is 9.79. The summed E-state index contributed by atoms with van der Waals surface area (Å²) in [5.41, 5.74) is 1.93. The highest BCUT2D eigenvalue weighted by atomic mass is 19.1. The van der Waals surface area contributed by atoms with Gasteiger partial charge in [0.05, 0.1) is 23.7 Å². The van der Waals surface area contributed by atoms with Gasteiger partial charge in [0.2, 0.25) is 5.95 Å². The van der Waals surface area contributed by atoms with Crippen LogP contribution in [0.4, 0.5) is 4.39 Å². The molecule has 0 bridgehead atoms. The maximum Gasteiger partial charge on any atom is 0.496 e. The van der Waals surface area contributed by atoms with Crippen LogP contribution in [0.15, 0.2) is 54.1 Å². The number of nitriles is 1. The largest absolute Gasteiger partial charge is 0.496 e. The molecule has 1 N–H and O–H groups in total. The minimum atomic E-state index is -0.676. The number of hydrogen-bond acceptors (Lipinski definition) is 6. The second kappa shape index (κ2) is 8.65. The third-order valence-electron chi connectivity index (χ3n) is 3.91. The van der Waals surface area contributed by atoms with Crippen LogP contribution < -0.4 is 5.43 Å². The van der Waals surface area contributed by atoms with Crippen molar-refractivity contribution in [3.8, 4) is 6.07 Å². The van der Waals surface area contributed by atoms with E-state index >= 15 is 0 Å². The van der Waals surface area contributed by atoms with E-state index in [1.807, 2.05) is 33.8 Å². The molecule has 0 aromatic rings. The van der Waals surface area contributed by atoms with Gasteiger partial charge in [0, 0.05) is 17.9 Å². The maximum atomic E-state index is 13.7. The van der Waals surface area contributed by atoms with Crippen LogP contribution in [0.5, 0.6) is 0 Å². The van der Waals surface area contributed by atoms with Crippen LogP contribution in [0.3, 0.4) is 0 Å². The number of halogens is 1. The van der Waals surface area contributed by atoms with Crippen LogP contribution in [-0.2, 0) is 9.31 Å². The van der Waals surface area contributed by atoms with Gasteiger partial charge in [0.1, 0.15) is 0 Å². The lowest BCUT2D eigenvalue weighted by molar-refractivity contribution is 0.00578. The normalized spacial score (nSPS) is 19.6. The van der Waals surface area contributed by atoms with Gasteiger partial charge in [-0.1, -0.05) is 25.3 Å². The summed E-state index contributed by atoms with van der Waals surface area (Å²) in [6.45, 7) is 14.9. The minimum Gasteiger partial charge on any atom is -0.399 e. The number of allylic oxidation sites excluding steroid dienone is 4. The van der Waals surface area contributed by atoms with Crippen LogP contribution in [0.2, 0.25) is 0 Å². The molecule has 0 atom stereocenters. The third-order valence-corrected chi connectivity index (χ3v) is 3.91. The van der Waals surface area contributed by atoms with Gasteiger partial charge < -0.3 is 9.31 Å². The van der Waals surface area contributed by atoms with E-state index in [9.17, 15) is 4.39 Å². The fourth-order valence-electron chi connectivity index (χ4n) is 1.84. The Bertz CT molecular complexity index is 619. The molecule has 1 saturated heterocycles. The first-order valence-corrected chi connectivity index (χ1v) is 7.80. The summed E-state index contributed by atoms with van der Waals surface area (Å²) < 4.78 is 25.6. The first kappa shape index (κ1) is 20.7. The molecule has 0 unspecified atom stereocenters. The minimum absolute atomic E-state index is 0.0821. The first-order chi connectivity index (χ1) is 11.7. The molecule has 1 aliphatic rings. The topological polar surface area (TPSA) is 69.9 Å². The Morgan fingerprint density at radius 3 is 2.40 bits per heavy atom. The van der Waals surface area contributed by atoms with Gasteiger partial charge in [-0.2, -0.15) is 19.9 Å². The molecule has 0 aromatic carbocycles. The van der Waals surface area contributed by atoms with Crippen molar-refractivity contribution in [3.63, 3.8) is 0 Å². The summed E-state index contributed by atoms with van der Waals surface area (Å²) in [5.74, 6) is -0.669. The molecular weight excluding hydrogens is 322 g/mol. The van der Waals surface area contributed by atoms with Crippen LogP contribution in [0, 0.1) is 11.3 Å².